The number of hydrogen-bond donors (Lipinski definition) is 1. The number of nitrogens with zero attached hydrogens (tertiary/aromatic N) is 1. The van der Waals surface area contributed by atoms with E-state index in [9.17, 15) is 4.79 Å². The van der Waals surface area contributed by atoms with Crippen molar-refractivity contribution in [3.8, 4) is 5.75 Å². The van der Waals surface area contributed by atoms with Crippen LogP contribution in [-0.4, -0.2) is 25.1 Å². The minimum absolute atomic E-state index is 0.107. The second kappa shape index (κ2) is 7.33. The quantitative estimate of drug-likeness (QED) is 0.917. The molecule has 0 heterocycles. The summed E-state index contributed by atoms with van der Waals surface area (Å²) >= 11 is 0. The summed E-state index contributed by atoms with van der Waals surface area (Å²) in [5.41, 5.74) is 2.06. The largest absolute Gasteiger partial charge is 0.496 e. The molecule has 2 aromatic rings. The molecule has 0 bridgehead atoms. The normalized spacial score (nSPS) is 10.0. The molecule has 21 heavy (non-hydrogen) atoms. The number of ether oxygens (including phenoxy) is 1. The van der Waals surface area contributed by atoms with Crippen LogP contribution in [0.3, 0.4) is 0 Å². The van der Waals surface area contributed by atoms with Gasteiger partial charge in [-0.2, -0.15) is 0 Å². The smallest absolute Gasteiger partial charge is 0.317 e. The molecule has 0 saturated heterocycles. The lowest BCUT2D eigenvalue weighted by Gasteiger charge is -2.18. The Morgan fingerprint density at radius 1 is 1.10 bits per heavy atom. The summed E-state index contributed by atoms with van der Waals surface area (Å²) in [4.78, 5) is 13.8. The van der Waals surface area contributed by atoms with Gasteiger partial charge in [-0.15, -0.1) is 0 Å². The van der Waals surface area contributed by atoms with E-state index in [0.717, 1.165) is 16.9 Å². The standard InChI is InChI=1S/C17H20N2O2/c1-19(13-14-8-4-3-5-9-14)17(20)18-12-15-10-6-7-11-16(15)21-2/h3-11H,12-13H2,1-2H3,(H,18,20). The van der Waals surface area contributed by atoms with E-state index in [4.69, 9.17) is 4.74 Å². The predicted octanol–water partition coefficient (Wildman–Crippen LogP) is 3.04. The van der Waals surface area contributed by atoms with Crippen molar-refractivity contribution in [1.29, 1.82) is 0 Å². The van der Waals surface area contributed by atoms with Gasteiger partial charge in [-0.25, -0.2) is 4.79 Å². The monoisotopic (exact) mass is 284 g/mol. The third-order valence-electron chi connectivity index (χ3n) is 3.23. The second-order valence-electron chi connectivity index (χ2n) is 4.81. The molecule has 0 aromatic heterocycles. The van der Waals surface area contributed by atoms with Crippen LogP contribution in [0.4, 0.5) is 4.79 Å². The van der Waals surface area contributed by atoms with Gasteiger partial charge in [0.2, 0.25) is 0 Å². The van der Waals surface area contributed by atoms with Gasteiger partial charge in [0, 0.05) is 25.7 Å². The van der Waals surface area contributed by atoms with Crippen molar-refractivity contribution in [3.05, 3.63) is 65.7 Å². The fraction of sp³-hybridized carbons (Fsp3) is 0.235. The first kappa shape index (κ1) is 14.9. The van der Waals surface area contributed by atoms with Crippen molar-refractivity contribution in [2.75, 3.05) is 14.2 Å². The van der Waals surface area contributed by atoms with Crippen LogP contribution in [0.15, 0.2) is 54.6 Å². The topological polar surface area (TPSA) is 41.6 Å². The lowest BCUT2D eigenvalue weighted by molar-refractivity contribution is 0.206. The Kier molecular flexibility index (Phi) is 5.21. The molecule has 0 radical (unpaired) electrons. The summed E-state index contributed by atoms with van der Waals surface area (Å²) in [5, 5.41) is 2.90. The van der Waals surface area contributed by atoms with E-state index in [1.165, 1.54) is 0 Å². The van der Waals surface area contributed by atoms with Crippen molar-refractivity contribution in [2.45, 2.75) is 13.1 Å². The Morgan fingerprint density at radius 3 is 2.48 bits per heavy atom. The maximum atomic E-state index is 12.1. The number of amides is 2. The maximum absolute atomic E-state index is 12.1. The van der Waals surface area contributed by atoms with E-state index in [2.05, 4.69) is 5.32 Å². The van der Waals surface area contributed by atoms with Crippen LogP contribution in [0.2, 0.25) is 0 Å². The van der Waals surface area contributed by atoms with E-state index < -0.39 is 0 Å². The first-order valence-electron chi connectivity index (χ1n) is 6.85. The molecule has 4 nitrogen and oxygen atoms in total. The first-order valence-corrected chi connectivity index (χ1v) is 6.85. The Bertz CT molecular complexity index is 584. The summed E-state index contributed by atoms with van der Waals surface area (Å²) in [7, 11) is 3.41. The summed E-state index contributed by atoms with van der Waals surface area (Å²) in [5.74, 6) is 0.781. The first-order chi connectivity index (χ1) is 10.2. The summed E-state index contributed by atoms with van der Waals surface area (Å²) in [6.45, 7) is 1.03. The number of benzene rings is 2. The molecule has 0 aliphatic rings. The van der Waals surface area contributed by atoms with Gasteiger partial charge >= 0.3 is 6.03 Å². The van der Waals surface area contributed by atoms with Gasteiger partial charge < -0.3 is 15.0 Å². The number of hydrogen-bond acceptors (Lipinski definition) is 2. The zero-order valence-electron chi connectivity index (χ0n) is 12.4. The van der Waals surface area contributed by atoms with Gasteiger partial charge in [-0.3, -0.25) is 0 Å². The van der Waals surface area contributed by atoms with Gasteiger partial charge in [0.15, 0.2) is 0 Å². The highest BCUT2D eigenvalue weighted by Crippen LogP contribution is 2.16. The lowest BCUT2D eigenvalue weighted by Crippen LogP contribution is -2.36. The highest BCUT2D eigenvalue weighted by atomic mass is 16.5. The third-order valence-corrected chi connectivity index (χ3v) is 3.23. The molecular formula is C17H20N2O2. The SMILES string of the molecule is COc1ccccc1CNC(=O)N(C)Cc1ccccc1. The van der Waals surface area contributed by atoms with E-state index in [0.29, 0.717) is 13.1 Å². The van der Waals surface area contributed by atoms with Gasteiger partial charge in [0.25, 0.3) is 0 Å². The Labute approximate surface area is 125 Å². The van der Waals surface area contributed by atoms with Crippen LogP contribution in [0.25, 0.3) is 0 Å². The molecule has 0 spiro atoms. The number of para-hydroxylation sites is 1. The maximum Gasteiger partial charge on any atom is 0.317 e. The molecule has 0 aliphatic carbocycles. The number of carbonyl (C=O) groups excluding carboxylic acids is 1. The summed E-state index contributed by atoms with van der Waals surface area (Å²) < 4.78 is 5.27. The predicted molar refractivity (Wildman–Crippen MR) is 83.1 cm³/mol. The van der Waals surface area contributed by atoms with Gasteiger partial charge in [0.1, 0.15) is 5.75 Å². The Balaban J connectivity index is 1.89. The van der Waals surface area contributed by atoms with Crippen LogP contribution >= 0.6 is 0 Å². The Hall–Kier alpha value is -2.49. The van der Waals surface area contributed by atoms with Crippen molar-refractivity contribution >= 4 is 6.03 Å². The van der Waals surface area contributed by atoms with Crippen LogP contribution in [0.1, 0.15) is 11.1 Å². The highest BCUT2D eigenvalue weighted by Gasteiger charge is 2.09. The molecule has 110 valence electrons. The molecule has 2 aromatic carbocycles. The van der Waals surface area contributed by atoms with Crippen molar-refractivity contribution in [2.24, 2.45) is 0 Å². The molecule has 2 amide bonds. The van der Waals surface area contributed by atoms with Crippen molar-refractivity contribution < 1.29 is 9.53 Å². The van der Waals surface area contributed by atoms with Gasteiger partial charge in [0.05, 0.1) is 7.11 Å². The zero-order valence-corrected chi connectivity index (χ0v) is 12.4. The fourth-order valence-corrected chi connectivity index (χ4v) is 2.08. The molecule has 0 unspecified atom stereocenters. The zero-order chi connectivity index (χ0) is 15.1. The molecule has 2 rings (SSSR count). The van der Waals surface area contributed by atoms with E-state index >= 15 is 0 Å². The lowest BCUT2D eigenvalue weighted by atomic mass is 10.2. The van der Waals surface area contributed by atoms with E-state index in [1.54, 1.807) is 19.1 Å². The van der Waals surface area contributed by atoms with Crippen LogP contribution in [-0.2, 0) is 13.1 Å². The van der Waals surface area contributed by atoms with E-state index in [-0.39, 0.29) is 6.03 Å². The fourth-order valence-electron chi connectivity index (χ4n) is 2.08. The van der Waals surface area contributed by atoms with Crippen molar-refractivity contribution in [1.82, 2.24) is 10.2 Å². The molecular weight excluding hydrogens is 264 g/mol. The van der Waals surface area contributed by atoms with Gasteiger partial charge in [-0.1, -0.05) is 48.5 Å². The van der Waals surface area contributed by atoms with Crippen LogP contribution in [0, 0.1) is 0 Å². The summed E-state index contributed by atoms with van der Waals surface area (Å²) in [6, 6.07) is 17.5. The average molecular weight is 284 g/mol. The number of carbonyl (C=O) groups is 1. The highest BCUT2D eigenvalue weighted by molar-refractivity contribution is 5.73. The molecule has 4 heteroatoms. The van der Waals surface area contributed by atoms with Crippen molar-refractivity contribution in [3.63, 3.8) is 0 Å². The van der Waals surface area contributed by atoms with E-state index in [1.807, 2.05) is 54.6 Å². The molecule has 1 N–H and O–H groups in total. The molecule has 0 saturated carbocycles. The third kappa shape index (κ3) is 4.24. The molecule has 0 aliphatic heterocycles. The van der Waals surface area contributed by atoms with Crippen LogP contribution in [0.5, 0.6) is 5.75 Å². The number of nitrogens with one attached hydrogen (secondary N) is 1. The summed E-state index contributed by atoms with van der Waals surface area (Å²) in [6.07, 6.45) is 0. The second-order valence-corrected chi connectivity index (χ2v) is 4.81. The average Bonchev–Trinajstić information content (AvgIpc) is 2.53. The number of rotatable bonds is 5. The Morgan fingerprint density at radius 2 is 1.76 bits per heavy atom. The molecule has 0 atom stereocenters. The minimum Gasteiger partial charge on any atom is -0.496 e. The molecule has 0 fully saturated rings. The number of urea groups is 1. The number of methoxy groups -OCH3 is 1. The van der Waals surface area contributed by atoms with Gasteiger partial charge in [-0.05, 0) is 11.6 Å². The minimum atomic E-state index is -0.107. The van der Waals surface area contributed by atoms with Crippen LogP contribution < -0.4 is 10.1 Å².